The van der Waals surface area contributed by atoms with Crippen molar-refractivity contribution in [2.24, 2.45) is 11.8 Å². The Kier molecular flexibility index (Phi) is 19.5. The Bertz CT molecular complexity index is 2230. The average molecular weight is 943 g/mol. The van der Waals surface area contributed by atoms with Gasteiger partial charge < -0.3 is 19.3 Å². The van der Waals surface area contributed by atoms with Gasteiger partial charge in [0.25, 0.3) is 11.8 Å². The zero-order chi connectivity index (χ0) is 45.6. The number of carbonyl (C=O) groups excluding carboxylic acids is 2. The molecule has 0 saturated carbocycles. The maximum atomic E-state index is 15.4. The highest BCUT2D eigenvalue weighted by Gasteiger charge is 2.50. The molecule has 348 valence electrons. The van der Waals surface area contributed by atoms with E-state index in [1.54, 1.807) is 45.3 Å². The third kappa shape index (κ3) is 12.1. The number of ether oxygens (including phenoxy) is 2. The van der Waals surface area contributed by atoms with Crippen molar-refractivity contribution in [1.29, 1.82) is 0 Å². The molecule has 0 radical (unpaired) electrons. The molecule has 2 aliphatic rings. The van der Waals surface area contributed by atoms with E-state index >= 15 is 9.59 Å². The van der Waals surface area contributed by atoms with Gasteiger partial charge in [-0.3, -0.25) is 9.59 Å². The van der Waals surface area contributed by atoms with Gasteiger partial charge in [0.15, 0.2) is 11.5 Å². The first-order valence-corrected chi connectivity index (χ1v) is 27.9. The largest absolute Gasteiger partial charge is 0.488 e. The summed E-state index contributed by atoms with van der Waals surface area (Å²) in [5.74, 6) is 2.29. The van der Waals surface area contributed by atoms with Crippen LogP contribution in [-0.4, -0.2) is 47.9 Å². The maximum Gasteiger partial charge on any atom is 0.261 e. The van der Waals surface area contributed by atoms with E-state index in [1.807, 2.05) is 23.6 Å². The van der Waals surface area contributed by atoms with Gasteiger partial charge in [0.05, 0.1) is 55.3 Å². The predicted molar refractivity (Wildman–Crippen MR) is 277 cm³/mol. The van der Waals surface area contributed by atoms with Crippen molar-refractivity contribution < 1.29 is 19.1 Å². The Morgan fingerprint density at radius 3 is 1.34 bits per heavy atom. The molecule has 2 aliphatic heterocycles. The number of carbonyl (C=O) groups is 2. The summed E-state index contributed by atoms with van der Waals surface area (Å²) >= 11 is 6.80. The lowest BCUT2D eigenvalue weighted by Gasteiger charge is -2.29. The van der Waals surface area contributed by atoms with Gasteiger partial charge in [-0.25, -0.2) is 0 Å². The quantitative estimate of drug-likeness (QED) is 0.0402. The van der Waals surface area contributed by atoms with Crippen molar-refractivity contribution in [3.05, 3.63) is 88.9 Å². The minimum absolute atomic E-state index is 0.00265. The summed E-state index contributed by atoms with van der Waals surface area (Å²) in [5, 5.41) is 0. The Morgan fingerprint density at radius 2 is 0.875 bits per heavy atom. The molecule has 0 fully saturated rings. The lowest BCUT2D eigenvalue weighted by Crippen LogP contribution is -2.34. The van der Waals surface area contributed by atoms with Gasteiger partial charge >= 0.3 is 0 Å². The number of aryl methyl sites for hydroxylation is 2. The van der Waals surface area contributed by atoms with Gasteiger partial charge in [-0.05, 0) is 114 Å². The SMILES string of the molecule is CCCCCCC(CCCC)CN1C(=O)C2=C(c3ccc(-c4ccc(/C(OCC)=C(\OCC)c5ccc(C)s5)s4)s3)N(CC(CCCC)CCCCCC)C(=O)C2=C1c1ccc(C)s1. The van der Waals surface area contributed by atoms with E-state index in [9.17, 15) is 0 Å². The zero-order valence-electron chi connectivity index (χ0n) is 40.1. The Labute approximate surface area is 401 Å². The maximum absolute atomic E-state index is 15.4. The zero-order valence-corrected chi connectivity index (χ0v) is 43.3. The van der Waals surface area contributed by atoms with Gasteiger partial charge in [0.2, 0.25) is 0 Å². The third-order valence-corrected chi connectivity index (χ3v) is 16.9. The highest BCUT2D eigenvalue weighted by molar-refractivity contribution is 7.23. The lowest BCUT2D eigenvalue weighted by molar-refractivity contribution is -0.124. The molecular formula is C54H74N2O4S4. The first-order chi connectivity index (χ1) is 31.2. The molecule has 2 atom stereocenters. The smallest absolute Gasteiger partial charge is 0.261 e. The normalized spacial score (nSPS) is 15.5. The molecule has 6 nitrogen and oxygen atoms in total. The van der Waals surface area contributed by atoms with Crippen LogP contribution in [0.4, 0.5) is 0 Å². The fourth-order valence-electron chi connectivity index (χ4n) is 9.23. The van der Waals surface area contributed by atoms with Crippen LogP contribution in [0.25, 0.3) is 32.7 Å². The standard InChI is InChI=1S/C54H74N2O4S4/c1-9-15-19-21-25-39(23-17-11-3)35-55-49(43-29-27-37(7)61-43)47-48(54(55)58)50(56(53(47)57)36-40(24-18-12-4)26-22-20-16-10-2)44-33-31-41(63-44)42-32-34-46(64-42)52(60-14-6)51(59-13-5)45-30-28-38(8)62-45/h27-34,39-40H,9-26,35-36H2,1-8H3/b52-51+. The summed E-state index contributed by atoms with van der Waals surface area (Å²) < 4.78 is 12.6. The summed E-state index contributed by atoms with van der Waals surface area (Å²) in [7, 11) is 0. The second-order valence-corrected chi connectivity index (χ2v) is 22.4. The van der Waals surface area contributed by atoms with Crippen LogP contribution in [-0.2, 0) is 19.1 Å². The van der Waals surface area contributed by atoms with Crippen LogP contribution in [0, 0.1) is 25.7 Å². The van der Waals surface area contributed by atoms with Gasteiger partial charge in [0, 0.05) is 32.6 Å². The summed E-state index contributed by atoms with van der Waals surface area (Å²) in [5.41, 5.74) is 2.89. The fraction of sp³-hybridized carbons (Fsp3) is 0.556. The van der Waals surface area contributed by atoms with Crippen molar-refractivity contribution in [2.75, 3.05) is 26.3 Å². The first kappa shape index (κ1) is 50.0. The minimum atomic E-state index is -0.00265. The number of thiophene rings is 4. The predicted octanol–water partition coefficient (Wildman–Crippen LogP) is 16.5. The van der Waals surface area contributed by atoms with Gasteiger partial charge in [-0.1, -0.05) is 105 Å². The first-order valence-electron chi connectivity index (χ1n) is 24.6. The molecule has 6 rings (SSSR count). The lowest BCUT2D eigenvalue weighted by atomic mass is 9.94. The molecule has 4 aromatic rings. The van der Waals surface area contributed by atoms with Crippen molar-refractivity contribution in [1.82, 2.24) is 9.80 Å². The van der Waals surface area contributed by atoms with Crippen LogP contribution in [0.5, 0.6) is 0 Å². The van der Waals surface area contributed by atoms with Crippen molar-refractivity contribution >= 4 is 80.1 Å². The molecule has 10 heteroatoms. The molecule has 0 spiro atoms. The summed E-state index contributed by atoms with van der Waals surface area (Å²) in [6.45, 7) is 19.7. The topological polar surface area (TPSA) is 59.1 Å². The van der Waals surface area contributed by atoms with E-state index in [0.717, 1.165) is 104 Å². The summed E-state index contributed by atoms with van der Waals surface area (Å²) in [6.07, 6.45) is 18.6. The van der Waals surface area contributed by atoms with Crippen LogP contribution >= 0.6 is 45.3 Å². The second kappa shape index (κ2) is 24.9. The molecule has 0 saturated heterocycles. The van der Waals surface area contributed by atoms with Crippen molar-refractivity contribution in [2.45, 2.75) is 158 Å². The van der Waals surface area contributed by atoms with Crippen LogP contribution in [0.15, 0.2) is 59.7 Å². The Balaban J connectivity index is 1.45. The second-order valence-electron chi connectivity index (χ2n) is 17.7. The molecule has 4 aromatic heterocycles. The highest BCUT2D eigenvalue weighted by Crippen LogP contribution is 2.51. The van der Waals surface area contributed by atoms with Crippen LogP contribution in [0.3, 0.4) is 0 Å². The van der Waals surface area contributed by atoms with E-state index < -0.39 is 0 Å². The number of amides is 2. The number of hydrogen-bond donors (Lipinski definition) is 0. The minimum Gasteiger partial charge on any atom is -0.488 e. The van der Waals surface area contributed by atoms with E-state index in [1.165, 1.54) is 61.1 Å². The van der Waals surface area contributed by atoms with Crippen LogP contribution in [0.2, 0.25) is 0 Å². The number of rotatable bonds is 29. The molecule has 0 N–H and O–H groups in total. The molecule has 0 aromatic carbocycles. The number of unbranched alkanes of at least 4 members (excludes halogenated alkanes) is 8. The van der Waals surface area contributed by atoms with Gasteiger partial charge in [-0.2, -0.15) is 0 Å². The molecular weight excluding hydrogens is 869 g/mol. The number of nitrogens with zero attached hydrogens (tertiary/aromatic N) is 2. The monoisotopic (exact) mass is 942 g/mol. The average Bonchev–Trinajstić information content (AvgIpc) is 4.17. The molecule has 2 unspecified atom stereocenters. The Hall–Kier alpha value is -3.44. The van der Waals surface area contributed by atoms with Gasteiger partial charge in [-0.15, -0.1) is 45.3 Å². The highest BCUT2D eigenvalue weighted by atomic mass is 32.1. The molecule has 6 heterocycles. The molecule has 64 heavy (non-hydrogen) atoms. The molecule has 2 amide bonds. The number of hydrogen-bond acceptors (Lipinski definition) is 8. The summed E-state index contributed by atoms with van der Waals surface area (Å²) in [4.78, 5) is 43.6. The van der Waals surface area contributed by atoms with E-state index in [4.69, 9.17) is 9.47 Å². The third-order valence-electron chi connectivity index (χ3n) is 12.6. The van der Waals surface area contributed by atoms with Crippen molar-refractivity contribution in [3.8, 4) is 9.75 Å². The van der Waals surface area contributed by atoms with Crippen LogP contribution in [0.1, 0.15) is 174 Å². The van der Waals surface area contributed by atoms with Gasteiger partial charge in [0.1, 0.15) is 0 Å². The Morgan fingerprint density at radius 1 is 0.469 bits per heavy atom. The fourth-order valence-corrected chi connectivity index (χ4v) is 13.2. The summed E-state index contributed by atoms with van der Waals surface area (Å²) in [6, 6.07) is 17.2. The molecule has 0 aliphatic carbocycles. The van der Waals surface area contributed by atoms with E-state index in [2.05, 4.69) is 90.1 Å². The van der Waals surface area contributed by atoms with Crippen LogP contribution < -0.4 is 0 Å². The van der Waals surface area contributed by atoms with E-state index in [0.29, 0.717) is 49.3 Å². The molecule has 0 bridgehead atoms. The number of fused-ring (bicyclic) bond motifs is 1. The van der Waals surface area contributed by atoms with E-state index in [-0.39, 0.29) is 11.8 Å². The van der Waals surface area contributed by atoms with Crippen molar-refractivity contribution in [3.63, 3.8) is 0 Å².